The van der Waals surface area contributed by atoms with E-state index in [2.05, 4.69) is 0 Å². The van der Waals surface area contributed by atoms with Crippen molar-refractivity contribution in [1.82, 2.24) is 0 Å². The van der Waals surface area contributed by atoms with E-state index in [-0.39, 0.29) is 19.8 Å². The number of methoxy groups -OCH3 is 1. The third-order valence-electron chi connectivity index (χ3n) is 4.52. The van der Waals surface area contributed by atoms with Crippen LogP contribution in [0.15, 0.2) is 36.4 Å². The van der Waals surface area contributed by atoms with Gasteiger partial charge in [0.25, 0.3) is 0 Å². The lowest BCUT2D eigenvalue weighted by Crippen LogP contribution is -2.37. The van der Waals surface area contributed by atoms with Crippen molar-refractivity contribution >= 4 is 46.4 Å². The van der Waals surface area contributed by atoms with Gasteiger partial charge in [0, 0.05) is 27.2 Å². The second-order valence-corrected chi connectivity index (χ2v) is 8.22. The highest BCUT2D eigenvalue weighted by Crippen LogP contribution is 2.28. The molecule has 0 aromatic heterocycles. The van der Waals surface area contributed by atoms with Crippen molar-refractivity contribution in [1.29, 1.82) is 0 Å². The van der Waals surface area contributed by atoms with E-state index in [4.69, 9.17) is 65.4 Å². The zero-order valence-corrected chi connectivity index (χ0v) is 18.5. The highest BCUT2D eigenvalue weighted by Gasteiger charge is 2.45. The van der Waals surface area contributed by atoms with Crippen molar-refractivity contribution in [2.45, 2.75) is 37.8 Å². The summed E-state index contributed by atoms with van der Waals surface area (Å²) in [6.45, 7) is 0.616. The van der Waals surface area contributed by atoms with Crippen LogP contribution in [0.25, 0.3) is 0 Å². The number of rotatable bonds is 8. The lowest BCUT2D eigenvalue weighted by molar-refractivity contribution is -0.156. The normalized spacial score (nSPS) is 24.2. The van der Waals surface area contributed by atoms with Gasteiger partial charge in [-0.05, 0) is 35.4 Å². The molecule has 1 fully saturated rings. The van der Waals surface area contributed by atoms with Crippen LogP contribution in [0.3, 0.4) is 0 Å². The van der Waals surface area contributed by atoms with E-state index in [0.717, 1.165) is 11.1 Å². The fraction of sp³-hybridized carbons (Fsp3) is 0.400. The minimum absolute atomic E-state index is 0.175. The summed E-state index contributed by atoms with van der Waals surface area (Å²) in [4.78, 5) is 0. The first-order chi connectivity index (χ1) is 13.9. The highest BCUT2D eigenvalue weighted by atomic mass is 35.5. The number of aliphatic hydroxyl groups is 1. The Labute approximate surface area is 189 Å². The zero-order valence-electron chi connectivity index (χ0n) is 15.5. The third-order valence-corrected chi connectivity index (χ3v) is 5.70. The molecule has 158 valence electrons. The van der Waals surface area contributed by atoms with Crippen LogP contribution >= 0.6 is 46.4 Å². The van der Waals surface area contributed by atoms with E-state index >= 15 is 0 Å². The monoisotopic (exact) mass is 480 g/mol. The molecule has 0 aliphatic carbocycles. The third kappa shape index (κ3) is 5.97. The van der Waals surface area contributed by atoms with Crippen LogP contribution in [0.1, 0.15) is 11.1 Å². The summed E-state index contributed by atoms with van der Waals surface area (Å²) in [5, 5.41) is 12.6. The Bertz CT molecular complexity index is 835. The predicted octanol–water partition coefficient (Wildman–Crippen LogP) is 5.13. The molecular weight excluding hydrogens is 462 g/mol. The van der Waals surface area contributed by atoms with Gasteiger partial charge in [-0.1, -0.05) is 58.5 Å². The average molecular weight is 482 g/mol. The SMILES string of the molecule is COC1OC(COCc2ccc(Cl)cc2Cl)C(OCc2ccc(Cl)cc2Cl)C1O. The van der Waals surface area contributed by atoms with E-state index in [1.165, 1.54) is 7.11 Å². The predicted molar refractivity (Wildman–Crippen MR) is 113 cm³/mol. The minimum atomic E-state index is -0.973. The molecule has 5 nitrogen and oxygen atoms in total. The number of hydrogen-bond acceptors (Lipinski definition) is 5. The molecule has 29 heavy (non-hydrogen) atoms. The van der Waals surface area contributed by atoms with Crippen molar-refractivity contribution in [3.05, 3.63) is 67.6 Å². The van der Waals surface area contributed by atoms with Crippen LogP contribution in [-0.2, 0) is 32.2 Å². The van der Waals surface area contributed by atoms with Gasteiger partial charge in [-0.15, -0.1) is 0 Å². The number of halogens is 4. The largest absolute Gasteiger partial charge is 0.385 e. The van der Waals surface area contributed by atoms with Crippen LogP contribution in [0.2, 0.25) is 20.1 Å². The molecule has 1 saturated heterocycles. The maximum Gasteiger partial charge on any atom is 0.186 e. The maximum atomic E-state index is 10.5. The molecule has 0 saturated carbocycles. The zero-order chi connectivity index (χ0) is 21.0. The molecule has 1 N–H and O–H groups in total. The van der Waals surface area contributed by atoms with E-state index in [1.54, 1.807) is 36.4 Å². The average Bonchev–Trinajstić information content (AvgIpc) is 2.98. The lowest BCUT2D eigenvalue weighted by atomic mass is 10.1. The molecule has 0 bridgehead atoms. The van der Waals surface area contributed by atoms with Crippen molar-refractivity contribution in [2.24, 2.45) is 0 Å². The number of aliphatic hydroxyl groups excluding tert-OH is 1. The Hall–Kier alpha value is -0.600. The molecule has 4 unspecified atom stereocenters. The number of hydrogen-bond donors (Lipinski definition) is 1. The van der Waals surface area contributed by atoms with Gasteiger partial charge < -0.3 is 24.1 Å². The van der Waals surface area contributed by atoms with Crippen molar-refractivity contribution in [2.75, 3.05) is 13.7 Å². The Balaban J connectivity index is 1.60. The molecule has 0 amide bonds. The standard InChI is InChI=1S/C20H20Cl4O5/c1-26-20-18(25)19(28-9-12-3-5-14(22)7-16(12)24)17(29-20)10-27-8-11-2-4-13(21)6-15(11)23/h2-7,17-20,25H,8-10H2,1H3. The van der Waals surface area contributed by atoms with E-state index < -0.39 is 24.6 Å². The lowest BCUT2D eigenvalue weighted by Gasteiger charge is -2.21. The summed E-state index contributed by atoms with van der Waals surface area (Å²) in [6.07, 6.45) is -2.98. The summed E-state index contributed by atoms with van der Waals surface area (Å²) < 4.78 is 22.6. The molecule has 1 heterocycles. The van der Waals surface area contributed by atoms with Gasteiger partial charge in [0.15, 0.2) is 6.29 Å². The molecule has 4 atom stereocenters. The molecule has 1 aliphatic rings. The Kier molecular flexibility index (Phi) is 8.45. The first kappa shape index (κ1) is 23.1. The van der Waals surface area contributed by atoms with Crippen molar-refractivity contribution < 1.29 is 24.1 Å². The quantitative estimate of drug-likeness (QED) is 0.566. The topological polar surface area (TPSA) is 57.2 Å². The van der Waals surface area contributed by atoms with E-state index in [0.29, 0.717) is 20.1 Å². The molecular formula is C20H20Cl4O5. The minimum Gasteiger partial charge on any atom is -0.385 e. The smallest absolute Gasteiger partial charge is 0.186 e. The number of ether oxygens (including phenoxy) is 4. The van der Waals surface area contributed by atoms with Crippen LogP contribution < -0.4 is 0 Å². The summed E-state index contributed by atoms with van der Waals surface area (Å²) in [6, 6.07) is 10.3. The van der Waals surface area contributed by atoms with Crippen LogP contribution in [-0.4, -0.2) is 43.4 Å². The van der Waals surface area contributed by atoms with Gasteiger partial charge in [0.05, 0.1) is 19.8 Å². The van der Waals surface area contributed by atoms with Gasteiger partial charge in [-0.2, -0.15) is 0 Å². The fourth-order valence-corrected chi connectivity index (χ4v) is 3.91. The Morgan fingerprint density at radius 1 is 0.931 bits per heavy atom. The van der Waals surface area contributed by atoms with Gasteiger partial charge in [0.1, 0.15) is 18.3 Å². The molecule has 9 heteroatoms. The summed E-state index contributed by atoms with van der Waals surface area (Å²) in [5.41, 5.74) is 1.54. The number of benzene rings is 2. The van der Waals surface area contributed by atoms with Gasteiger partial charge >= 0.3 is 0 Å². The van der Waals surface area contributed by atoms with E-state index in [1.807, 2.05) is 0 Å². The van der Waals surface area contributed by atoms with Crippen molar-refractivity contribution in [3.63, 3.8) is 0 Å². The first-order valence-corrected chi connectivity index (χ1v) is 10.3. The van der Waals surface area contributed by atoms with Crippen LogP contribution in [0, 0.1) is 0 Å². The van der Waals surface area contributed by atoms with Gasteiger partial charge in [-0.3, -0.25) is 0 Å². The molecule has 0 spiro atoms. The second-order valence-electron chi connectivity index (χ2n) is 6.53. The molecule has 1 aliphatic heterocycles. The highest BCUT2D eigenvalue weighted by molar-refractivity contribution is 6.35. The van der Waals surface area contributed by atoms with Gasteiger partial charge in [0.2, 0.25) is 0 Å². The maximum absolute atomic E-state index is 10.5. The second kappa shape index (κ2) is 10.6. The van der Waals surface area contributed by atoms with Crippen molar-refractivity contribution in [3.8, 4) is 0 Å². The summed E-state index contributed by atoms with van der Waals surface area (Å²) >= 11 is 24.2. The Morgan fingerprint density at radius 3 is 2.07 bits per heavy atom. The fourth-order valence-electron chi connectivity index (χ4n) is 2.99. The van der Waals surface area contributed by atoms with Crippen LogP contribution in [0.5, 0.6) is 0 Å². The van der Waals surface area contributed by atoms with E-state index in [9.17, 15) is 5.11 Å². The molecule has 3 rings (SSSR count). The summed E-state index contributed by atoms with van der Waals surface area (Å²) in [7, 11) is 1.46. The summed E-state index contributed by atoms with van der Waals surface area (Å²) in [5.74, 6) is 0. The molecule has 0 radical (unpaired) electrons. The molecule has 2 aromatic rings. The first-order valence-electron chi connectivity index (χ1n) is 8.82. The Morgan fingerprint density at radius 2 is 1.52 bits per heavy atom. The molecule has 2 aromatic carbocycles. The van der Waals surface area contributed by atoms with Gasteiger partial charge in [-0.25, -0.2) is 0 Å². The van der Waals surface area contributed by atoms with Crippen LogP contribution in [0.4, 0.5) is 0 Å².